The van der Waals surface area contributed by atoms with Gasteiger partial charge in [-0.2, -0.15) is 5.10 Å². The summed E-state index contributed by atoms with van der Waals surface area (Å²) in [6.07, 6.45) is 1.37. The van der Waals surface area contributed by atoms with Gasteiger partial charge < -0.3 is 10.1 Å². The van der Waals surface area contributed by atoms with Crippen molar-refractivity contribution in [3.8, 4) is 5.69 Å². The van der Waals surface area contributed by atoms with Crippen molar-refractivity contribution in [2.24, 2.45) is 5.92 Å². The Morgan fingerprint density at radius 1 is 1.15 bits per heavy atom. The normalized spacial score (nSPS) is 12.3. The number of amides is 1. The molecule has 1 atom stereocenters. The van der Waals surface area contributed by atoms with Gasteiger partial charge in [-0.3, -0.25) is 9.59 Å². The summed E-state index contributed by atoms with van der Waals surface area (Å²) in [6.45, 7) is 9.53. The van der Waals surface area contributed by atoms with Gasteiger partial charge in [0.15, 0.2) is 0 Å². The molecule has 6 nitrogen and oxygen atoms in total. The highest BCUT2D eigenvalue weighted by Crippen LogP contribution is 2.24. The van der Waals surface area contributed by atoms with Gasteiger partial charge >= 0.3 is 5.97 Å². The Balaban J connectivity index is 2.17. The van der Waals surface area contributed by atoms with E-state index in [-0.39, 0.29) is 30.4 Å². The van der Waals surface area contributed by atoms with Gasteiger partial charge in [0.05, 0.1) is 35.2 Å². The van der Waals surface area contributed by atoms with Crippen molar-refractivity contribution in [2.45, 2.75) is 46.6 Å². The van der Waals surface area contributed by atoms with Gasteiger partial charge in [-0.25, -0.2) is 4.68 Å². The Kier molecular flexibility index (Phi) is 7.02. The molecule has 0 aliphatic heterocycles. The van der Waals surface area contributed by atoms with Crippen molar-refractivity contribution < 1.29 is 14.3 Å². The number of ether oxygens (including phenoxy) is 1. The Morgan fingerprint density at radius 2 is 1.78 bits per heavy atom. The molecule has 1 unspecified atom stereocenters. The van der Waals surface area contributed by atoms with Crippen molar-refractivity contribution >= 4 is 23.5 Å². The third-order valence-corrected chi connectivity index (χ3v) is 4.24. The van der Waals surface area contributed by atoms with Crippen molar-refractivity contribution in [1.82, 2.24) is 15.1 Å². The van der Waals surface area contributed by atoms with Crippen LogP contribution in [0.2, 0.25) is 5.02 Å². The zero-order valence-electron chi connectivity index (χ0n) is 16.3. The van der Waals surface area contributed by atoms with E-state index >= 15 is 0 Å². The number of rotatable bonds is 7. The molecular formula is C20H26ClN3O3. The number of nitrogens with zero attached hydrogens (tertiary/aromatic N) is 2. The number of nitrogens with one attached hydrogen (secondary N) is 1. The summed E-state index contributed by atoms with van der Waals surface area (Å²) in [4.78, 5) is 24.6. The highest BCUT2D eigenvalue weighted by molar-refractivity contribution is 6.30. The number of carbonyl (C=O) groups is 2. The van der Waals surface area contributed by atoms with Crippen LogP contribution in [-0.2, 0) is 9.53 Å². The lowest BCUT2D eigenvalue weighted by molar-refractivity contribution is -0.151. The average molecular weight is 392 g/mol. The minimum Gasteiger partial charge on any atom is -0.463 e. The molecule has 1 N–H and O–H groups in total. The lowest BCUT2D eigenvalue weighted by atomic mass is 10.0. The summed E-state index contributed by atoms with van der Waals surface area (Å²) < 4.78 is 6.91. The van der Waals surface area contributed by atoms with E-state index in [9.17, 15) is 9.59 Å². The average Bonchev–Trinajstić information content (AvgIpc) is 3.04. The molecule has 0 saturated carbocycles. The number of esters is 1. The van der Waals surface area contributed by atoms with E-state index < -0.39 is 5.92 Å². The van der Waals surface area contributed by atoms with Crippen LogP contribution < -0.4 is 5.32 Å². The lowest BCUT2D eigenvalue weighted by Gasteiger charge is -2.15. The molecule has 1 amide bonds. The Bertz CT molecular complexity index is 797. The molecule has 2 aromatic rings. The molecule has 1 heterocycles. The molecule has 27 heavy (non-hydrogen) atoms. The van der Waals surface area contributed by atoms with E-state index in [1.165, 1.54) is 0 Å². The van der Waals surface area contributed by atoms with Crippen LogP contribution in [0.15, 0.2) is 30.5 Å². The molecule has 146 valence electrons. The first-order valence-corrected chi connectivity index (χ1v) is 9.41. The summed E-state index contributed by atoms with van der Waals surface area (Å²) in [5, 5.41) is 7.83. The second-order valence-electron chi connectivity index (χ2n) is 7.08. The molecular weight excluding hydrogens is 366 g/mol. The second kappa shape index (κ2) is 9.04. The fraction of sp³-hybridized carbons (Fsp3) is 0.450. The van der Waals surface area contributed by atoms with Crippen LogP contribution in [0, 0.1) is 5.92 Å². The van der Waals surface area contributed by atoms with Gasteiger partial charge in [0, 0.05) is 11.6 Å². The first kappa shape index (κ1) is 21.0. The topological polar surface area (TPSA) is 73.2 Å². The minimum absolute atomic E-state index is 0.0762. The summed E-state index contributed by atoms with van der Waals surface area (Å²) in [5.41, 5.74) is 2.12. The van der Waals surface area contributed by atoms with Gasteiger partial charge in [-0.05, 0) is 44.0 Å². The summed E-state index contributed by atoms with van der Waals surface area (Å²) in [7, 11) is 0. The number of aromatic nitrogens is 2. The summed E-state index contributed by atoms with van der Waals surface area (Å²) >= 11 is 5.95. The van der Waals surface area contributed by atoms with Crippen LogP contribution >= 0.6 is 11.6 Å². The molecule has 0 spiro atoms. The van der Waals surface area contributed by atoms with E-state index in [1.54, 1.807) is 43.8 Å². The third-order valence-electron chi connectivity index (χ3n) is 3.99. The molecule has 0 bridgehead atoms. The number of halogens is 1. The van der Waals surface area contributed by atoms with Crippen molar-refractivity contribution in [3.05, 3.63) is 46.7 Å². The van der Waals surface area contributed by atoms with E-state index in [0.29, 0.717) is 10.6 Å². The maximum absolute atomic E-state index is 12.7. The Morgan fingerprint density at radius 3 is 2.33 bits per heavy atom. The summed E-state index contributed by atoms with van der Waals surface area (Å²) in [5.74, 6) is -0.938. The fourth-order valence-electron chi connectivity index (χ4n) is 2.65. The molecule has 0 aliphatic rings. The third kappa shape index (κ3) is 5.32. The lowest BCUT2D eigenvalue weighted by Crippen LogP contribution is -2.33. The molecule has 0 aliphatic carbocycles. The van der Waals surface area contributed by atoms with Crippen molar-refractivity contribution in [1.29, 1.82) is 0 Å². The van der Waals surface area contributed by atoms with Crippen LogP contribution in [0.25, 0.3) is 5.69 Å². The molecule has 0 fully saturated rings. The SMILES string of the molecule is CC(C)OC(=O)C(C)CNC(=O)c1cnn(-c2ccc(Cl)cc2)c1C(C)C. The number of hydrogen-bond donors (Lipinski definition) is 1. The smallest absolute Gasteiger partial charge is 0.310 e. The van der Waals surface area contributed by atoms with Gasteiger partial charge in [0.1, 0.15) is 0 Å². The number of carbonyl (C=O) groups excluding carboxylic acids is 2. The van der Waals surface area contributed by atoms with Crippen LogP contribution in [0.1, 0.15) is 56.6 Å². The van der Waals surface area contributed by atoms with Crippen molar-refractivity contribution in [3.63, 3.8) is 0 Å². The quantitative estimate of drug-likeness (QED) is 0.725. The van der Waals surface area contributed by atoms with Gasteiger partial charge in [-0.15, -0.1) is 0 Å². The molecule has 0 radical (unpaired) electrons. The largest absolute Gasteiger partial charge is 0.463 e. The van der Waals surface area contributed by atoms with Crippen LogP contribution in [0.4, 0.5) is 0 Å². The Hall–Kier alpha value is -2.34. The maximum atomic E-state index is 12.7. The molecule has 2 rings (SSSR count). The van der Waals surface area contributed by atoms with Crippen LogP contribution in [0.3, 0.4) is 0 Å². The maximum Gasteiger partial charge on any atom is 0.310 e. The molecule has 0 saturated heterocycles. The standard InChI is InChI=1S/C20H26ClN3O3/c1-12(2)18-17(11-23-24(18)16-8-6-15(21)7-9-16)19(25)22-10-14(5)20(26)27-13(3)4/h6-9,11-14H,10H2,1-5H3,(H,22,25). The number of hydrogen-bond acceptors (Lipinski definition) is 4. The van der Waals surface area contributed by atoms with Gasteiger partial charge in [0.25, 0.3) is 5.91 Å². The van der Waals surface area contributed by atoms with Crippen molar-refractivity contribution in [2.75, 3.05) is 6.54 Å². The molecule has 7 heteroatoms. The van der Waals surface area contributed by atoms with Gasteiger partial charge in [0.2, 0.25) is 0 Å². The summed E-state index contributed by atoms with van der Waals surface area (Å²) in [6, 6.07) is 7.27. The monoisotopic (exact) mass is 391 g/mol. The van der Waals surface area contributed by atoms with Gasteiger partial charge in [-0.1, -0.05) is 32.4 Å². The zero-order valence-corrected chi connectivity index (χ0v) is 17.1. The van der Waals surface area contributed by atoms with Crippen LogP contribution in [-0.4, -0.2) is 34.3 Å². The predicted octanol–water partition coefficient (Wildman–Crippen LogP) is 3.97. The predicted molar refractivity (Wildman–Crippen MR) is 105 cm³/mol. The highest BCUT2D eigenvalue weighted by atomic mass is 35.5. The minimum atomic E-state index is -0.426. The first-order valence-electron chi connectivity index (χ1n) is 9.03. The van der Waals surface area contributed by atoms with E-state index in [4.69, 9.17) is 16.3 Å². The first-order chi connectivity index (χ1) is 12.7. The van der Waals surface area contributed by atoms with E-state index in [1.807, 2.05) is 26.0 Å². The zero-order chi connectivity index (χ0) is 20.1. The highest BCUT2D eigenvalue weighted by Gasteiger charge is 2.22. The fourth-order valence-corrected chi connectivity index (χ4v) is 2.78. The molecule has 1 aromatic carbocycles. The van der Waals surface area contributed by atoms with E-state index in [0.717, 1.165) is 11.4 Å². The van der Waals surface area contributed by atoms with E-state index in [2.05, 4.69) is 10.4 Å². The number of benzene rings is 1. The Labute approximate surface area is 164 Å². The second-order valence-corrected chi connectivity index (χ2v) is 7.52. The van der Waals surface area contributed by atoms with Crippen LogP contribution in [0.5, 0.6) is 0 Å². The molecule has 1 aromatic heterocycles.